The molecule has 0 amide bonds. The van der Waals surface area contributed by atoms with Crippen molar-refractivity contribution in [2.75, 3.05) is 6.26 Å². The number of halogens is 3. The smallest absolute Gasteiger partial charge is 0.417 e. The Kier molecular flexibility index (Phi) is 5.59. The van der Waals surface area contributed by atoms with E-state index in [-0.39, 0.29) is 39.6 Å². The summed E-state index contributed by atoms with van der Waals surface area (Å²) in [6.45, 7) is 1.49. The molecule has 0 atom stereocenters. The van der Waals surface area contributed by atoms with Gasteiger partial charge in [0, 0.05) is 18.7 Å². The quantitative estimate of drug-likeness (QED) is 0.346. The molecule has 0 bridgehead atoms. The summed E-state index contributed by atoms with van der Waals surface area (Å²) in [6, 6.07) is 8.77. The summed E-state index contributed by atoms with van der Waals surface area (Å²) in [4.78, 5) is 23.1. The number of pyridine rings is 1. The Bertz CT molecular complexity index is 1470. The summed E-state index contributed by atoms with van der Waals surface area (Å²) >= 11 is 1.21. The molecule has 3 aromatic heterocycles. The van der Waals surface area contributed by atoms with Gasteiger partial charge in [-0.15, -0.1) is 0 Å². The van der Waals surface area contributed by atoms with Crippen LogP contribution in [0.25, 0.3) is 22.3 Å². The van der Waals surface area contributed by atoms with Crippen molar-refractivity contribution in [1.29, 1.82) is 5.26 Å². The fourth-order valence-electron chi connectivity index (χ4n) is 3.36. The lowest BCUT2D eigenvalue weighted by Gasteiger charge is -2.12. The van der Waals surface area contributed by atoms with E-state index < -0.39 is 17.3 Å². The molecular formula is C21H15F3N6O2S. The second-order valence-electron chi connectivity index (χ2n) is 6.95. The molecule has 168 valence electrons. The highest BCUT2D eigenvalue weighted by molar-refractivity contribution is 7.98. The maximum absolute atomic E-state index is 13.6. The highest BCUT2D eigenvalue weighted by Gasteiger charge is 2.35. The first kappa shape index (κ1) is 22.3. The van der Waals surface area contributed by atoms with Gasteiger partial charge in [-0.05, 0) is 37.4 Å². The number of rotatable bonds is 4. The van der Waals surface area contributed by atoms with Crippen LogP contribution in [0.1, 0.15) is 16.8 Å². The number of H-pyrrole nitrogens is 1. The van der Waals surface area contributed by atoms with Crippen LogP contribution in [0.5, 0.6) is 11.6 Å². The molecule has 0 saturated heterocycles. The van der Waals surface area contributed by atoms with Crippen LogP contribution in [0.4, 0.5) is 13.2 Å². The molecule has 1 N–H and O–H groups in total. The number of nitrogens with zero attached hydrogens (tertiary/aromatic N) is 5. The van der Waals surface area contributed by atoms with Crippen LogP contribution >= 0.6 is 11.8 Å². The van der Waals surface area contributed by atoms with Gasteiger partial charge in [-0.25, -0.2) is 4.98 Å². The lowest BCUT2D eigenvalue weighted by Crippen LogP contribution is -2.14. The SMILES string of the molecule is CSc1nc(-c2ccc(Oc3cc(C(F)(F)F)c4c(C)nn(C)c4n3)cc2)c(C#N)c(=O)[nH]1. The summed E-state index contributed by atoms with van der Waals surface area (Å²) < 4.78 is 47.8. The van der Waals surface area contributed by atoms with Gasteiger partial charge in [0.15, 0.2) is 10.8 Å². The fraction of sp³-hybridized carbons (Fsp3) is 0.190. The Morgan fingerprint density at radius 2 is 1.91 bits per heavy atom. The van der Waals surface area contributed by atoms with Gasteiger partial charge in [0.05, 0.1) is 22.3 Å². The molecule has 0 saturated carbocycles. The number of ether oxygens (including phenoxy) is 1. The molecule has 0 unspecified atom stereocenters. The topological polar surface area (TPSA) is 109 Å². The third-order valence-corrected chi connectivity index (χ3v) is 5.38. The Balaban J connectivity index is 1.73. The Morgan fingerprint density at radius 3 is 2.52 bits per heavy atom. The first-order valence-corrected chi connectivity index (χ1v) is 10.6. The van der Waals surface area contributed by atoms with Crippen molar-refractivity contribution in [1.82, 2.24) is 24.7 Å². The second kappa shape index (κ2) is 8.25. The summed E-state index contributed by atoms with van der Waals surface area (Å²) in [5.41, 5.74) is -0.661. The largest absolute Gasteiger partial charge is 0.439 e. The van der Waals surface area contributed by atoms with E-state index in [4.69, 9.17) is 4.74 Å². The first-order chi connectivity index (χ1) is 15.6. The third-order valence-electron chi connectivity index (χ3n) is 4.80. The first-order valence-electron chi connectivity index (χ1n) is 9.40. The van der Waals surface area contributed by atoms with Crippen LogP contribution in [-0.2, 0) is 13.2 Å². The van der Waals surface area contributed by atoms with Gasteiger partial charge in [-0.1, -0.05) is 11.8 Å². The number of aryl methyl sites for hydroxylation is 2. The van der Waals surface area contributed by atoms with E-state index in [0.717, 1.165) is 6.07 Å². The van der Waals surface area contributed by atoms with Crippen molar-refractivity contribution in [2.24, 2.45) is 7.05 Å². The standard InChI is InChI=1S/C21H15F3N6O2S/c1-10-16-14(21(22,23)24)8-15(26-18(16)30(2)29-10)32-12-6-4-11(5-7-12)17-13(9-25)19(31)28-20(27-17)33-3/h4-8H,1-3H3,(H,27,28,31). The van der Waals surface area contributed by atoms with E-state index in [1.165, 1.54) is 42.5 Å². The Morgan fingerprint density at radius 1 is 1.21 bits per heavy atom. The number of alkyl halides is 3. The average Bonchev–Trinajstić information content (AvgIpc) is 3.05. The second-order valence-corrected chi connectivity index (χ2v) is 7.75. The van der Waals surface area contributed by atoms with E-state index in [2.05, 4.69) is 20.1 Å². The van der Waals surface area contributed by atoms with Gasteiger partial charge in [0.1, 0.15) is 17.4 Å². The zero-order valence-electron chi connectivity index (χ0n) is 17.5. The molecule has 4 rings (SSSR count). The van der Waals surface area contributed by atoms with Crippen molar-refractivity contribution in [3.8, 4) is 29.0 Å². The Labute approximate surface area is 189 Å². The maximum Gasteiger partial charge on any atom is 0.417 e. The molecule has 0 aliphatic rings. The molecule has 1 aromatic carbocycles. The van der Waals surface area contributed by atoms with E-state index >= 15 is 0 Å². The summed E-state index contributed by atoms with van der Waals surface area (Å²) in [7, 11) is 1.51. The number of fused-ring (bicyclic) bond motifs is 1. The minimum Gasteiger partial charge on any atom is -0.439 e. The lowest BCUT2D eigenvalue weighted by atomic mass is 10.1. The minimum absolute atomic E-state index is 0.0462. The number of aromatic amines is 1. The van der Waals surface area contributed by atoms with E-state index in [1.807, 2.05) is 6.07 Å². The van der Waals surface area contributed by atoms with Crippen LogP contribution < -0.4 is 10.3 Å². The zero-order chi connectivity index (χ0) is 23.9. The number of hydrogen-bond donors (Lipinski definition) is 1. The van der Waals surface area contributed by atoms with Crippen molar-refractivity contribution in [3.63, 3.8) is 0 Å². The maximum atomic E-state index is 13.6. The number of thioether (sulfide) groups is 1. The minimum atomic E-state index is -4.62. The third kappa shape index (κ3) is 4.14. The number of aromatic nitrogens is 5. The van der Waals surface area contributed by atoms with Gasteiger partial charge in [0.2, 0.25) is 5.88 Å². The lowest BCUT2D eigenvalue weighted by molar-refractivity contribution is -0.136. The van der Waals surface area contributed by atoms with Crippen molar-refractivity contribution in [2.45, 2.75) is 18.3 Å². The van der Waals surface area contributed by atoms with Gasteiger partial charge >= 0.3 is 6.18 Å². The zero-order valence-corrected chi connectivity index (χ0v) is 18.3. The average molecular weight is 472 g/mol. The molecular weight excluding hydrogens is 457 g/mol. The molecule has 0 fully saturated rings. The number of nitrogens with one attached hydrogen (secondary N) is 1. The monoisotopic (exact) mass is 472 g/mol. The molecule has 3 heterocycles. The van der Waals surface area contributed by atoms with Crippen LogP contribution in [0.2, 0.25) is 0 Å². The van der Waals surface area contributed by atoms with Gasteiger partial charge in [-0.2, -0.15) is 28.5 Å². The van der Waals surface area contributed by atoms with Crippen molar-refractivity contribution in [3.05, 3.63) is 57.5 Å². The molecule has 0 spiro atoms. The summed E-state index contributed by atoms with van der Waals surface area (Å²) in [6.07, 6.45) is -2.89. The molecule has 0 aliphatic heterocycles. The predicted molar refractivity (Wildman–Crippen MR) is 115 cm³/mol. The number of hydrogen-bond acceptors (Lipinski definition) is 7. The van der Waals surface area contributed by atoms with Crippen molar-refractivity contribution < 1.29 is 17.9 Å². The van der Waals surface area contributed by atoms with Gasteiger partial charge in [0.25, 0.3) is 5.56 Å². The molecule has 4 aromatic rings. The van der Waals surface area contributed by atoms with Crippen LogP contribution in [-0.4, -0.2) is 31.0 Å². The highest BCUT2D eigenvalue weighted by Crippen LogP contribution is 2.38. The molecule has 33 heavy (non-hydrogen) atoms. The van der Waals surface area contributed by atoms with E-state index in [1.54, 1.807) is 18.4 Å². The highest BCUT2D eigenvalue weighted by atomic mass is 32.2. The van der Waals surface area contributed by atoms with Crippen LogP contribution in [0, 0.1) is 18.3 Å². The predicted octanol–water partition coefficient (Wildman–Crippen LogP) is 4.43. The van der Waals surface area contributed by atoms with E-state index in [0.29, 0.717) is 10.7 Å². The Hall–Kier alpha value is -3.85. The number of nitriles is 1. The number of benzene rings is 1. The fourth-order valence-corrected chi connectivity index (χ4v) is 3.74. The van der Waals surface area contributed by atoms with Crippen LogP contribution in [0.3, 0.4) is 0 Å². The molecule has 8 nitrogen and oxygen atoms in total. The van der Waals surface area contributed by atoms with Crippen molar-refractivity contribution >= 4 is 22.8 Å². The van der Waals surface area contributed by atoms with E-state index in [9.17, 15) is 23.2 Å². The van der Waals surface area contributed by atoms with Gasteiger partial charge < -0.3 is 9.72 Å². The van der Waals surface area contributed by atoms with Crippen LogP contribution in [0.15, 0.2) is 40.3 Å². The summed E-state index contributed by atoms with van der Waals surface area (Å²) in [5.74, 6) is -0.0340. The summed E-state index contributed by atoms with van der Waals surface area (Å²) in [5, 5.41) is 13.6. The normalized spacial score (nSPS) is 11.5. The molecule has 0 aliphatic carbocycles. The molecule has 12 heteroatoms. The molecule has 0 radical (unpaired) electrons. The van der Waals surface area contributed by atoms with Gasteiger partial charge in [-0.3, -0.25) is 9.48 Å².